The Labute approximate surface area is 240 Å². The average Bonchev–Trinajstić information content (AvgIpc) is 3.63. The molecule has 0 aromatic heterocycles. The SMILES string of the molecule is O=C(CC(=O)NC(c1cccc2ccccc12)C1(O)CCCC1)NC(c1cccc2ccccc12)C1(O)CCCC1. The molecule has 4 aromatic carbocycles. The van der Waals surface area contributed by atoms with Gasteiger partial charge in [-0.1, -0.05) is 111 Å². The number of benzene rings is 4. The van der Waals surface area contributed by atoms with Gasteiger partial charge in [-0.05, 0) is 58.4 Å². The molecule has 212 valence electrons. The molecule has 2 unspecified atom stereocenters. The fraction of sp³-hybridized carbons (Fsp3) is 0.371. The van der Waals surface area contributed by atoms with Gasteiger partial charge in [0.1, 0.15) is 6.42 Å². The van der Waals surface area contributed by atoms with Crippen molar-refractivity contribution in [1.82, 2.24) is 10.6 Å². The minimum Gasteiger partial charge on any atom is -0.387 e. The van der Waals surface area contributed by atoms with Gasteiger partial charge in [-0.2, -0.15) is 0 Å². The summed E-state index contributed by atoms with van der Waals surface area (Å²) in [5.41, 5.74) is -0.452. The number of nitrogens with one attached hydrogen (secondary N) is 2. The van der Waals surface area contributed by atoms with Gasteiger partial charge in [0.05, 0.1) is 23.3 Å². The van der Waals surface area contributed by atoms with Crippen LogP contribution in [0.25, 0.3) is 21.5 Å². The minimum absolute atomic E-state index is 0.394. The molecular formula is C35H38N2O4. The first kappa shape index (κ1) is 27.4. The molecule has 6 nitrogen and oxygen atoms in total. The van der Waals surface area contributed by atoms with Crippen LogP contribution in [0.15, 0.2) is 84.9 Å². The second-order valence-electron chi connectivity index (χ2n) is 11.9. The van der Waals surface area contributed by atoms with Crippen molar-refractivity contribution in [2.45, 2.75) is 81.1 Å². The summed E-state index contributed by atoms with van der Waals surface area (Å²) in [6.07, 6.45) is 5.51. The molecule has 2 saturated carbocycles. The number of carbonyl (C=O) groups excluding carboxylic acids is 2. The van der Waals surface area contributed by atoms with Crippen molar-refractivity contribution in [3.8, 4) is 0 Å². The van der Waals surface area contributed by atoms with Crippen LogP contribution in [-0.2, 0) is 9.59 Å². The van der Waals surface area contributed by atoms with Crippen molar-refractivity contribution in [3.05, 3.63) is 96.1 Å². The third-order valence-electron chi connectivity index (χ3n) is 9.21. The average molecular weight is 551 g/mol. The van der Waals surface area contributed by atoms with Crippen molar-refractivity contribution in [1.29, 1.82) is 0 Å². The molecular weight excluding hydrogens is 512 g/mol. The molecule has 6 rings (SSSR count). The van der Waals surface area contributed by atoms with Gasteiger partial charge in [0.25, 0.3) is 0 Å². The van der Waals surface area contributed by atoms with E-state index in [4.69, 9.17) is 0 Å². The van der Waals surface area contributed by atoms with Crippen molar-refractivity contribution >= 4 is 33.4 Å². The van der Waals surface area contributed by atoms with Crippen molar-refractivity contribution in [2.24, 2.45) is 0 Å². The van der Waals surface area contributed by atoms with Crippen LogP contribution < -0.4 is 10.6 Å². The van der Waals surface area contributed by atoms with E-state index in [0.717, 1.165) is 58.4 Å². The van der Waals surface area contributed by atoms with Crippen LogP contribution in [-0.4, -0.2) is 33.2 Å². The molecule has 0 heterocycles. The molecule has 0 spiro atoms. The van der Waals surface area contributed by atoms with E-state index in [1.165, 1.54) is 0 Å². The quantitative estimate of drug-likeness (QED) is 0.202. The molecule has 0 aliphatic heterocycles. The molecule has 0 bridgehead atoms. The summed E-state index contributed by atoms with van der Waals surface area (Å²) in [5, 5.41) is 33.5. The third kappa shape index (κ3) is 5.46. The van der Waals surface area contributed by atoms with Crippen LogP contribution in [0.4, 0.5) is 0 Å². The molecule has 2 amide bonds. The summed E-state index contributed by atoms with van der Waals surface area (Å²) < 4.78 is 0. The van der Waals surface area contributed by atoms with E-state index in [-0.39, 0.29) is 0 Å². The molecule has 4 aromatic rings. The summed E-state index contributed by atoms with van der Waals surface area (Å²) in [4.78, 5) is 26.9. The van der Waals surface area contributed by atoms with Crippen LogP contribution in [0.2, 0.25) is 0 Å². The zero-order valence-electron chi connectivity index (χ0n) is 23.3. The molecule has 2 aliphatic rings. The second-order valence-corrected chi connectivity index (χ2v) is 11.9. The lowest BCUT2D eigenvalue weighted by molar-refractivity contribution is -0.132. The molecule has 0 radical (unpaired) electrons. The van der Waals surface area contributed by atoms with E-state index in [2.05, 4.69) is 10.6 Å². The molecule has 6 heteroatoms. The summed E-state index contributed by atoms with van der Waals surface area (Å²) in [5.74, 6) is -0.897. The summed E-state index contributed by atoms with van der Waals surface area (Å²) in [6, 6.07) is 26.5. The maximum absolute atomic E-state index is 13.5. The molecule has 2 aliphatic carbocycles. The summed E-state index contributed by atoms with van der Waals surface area (Å²) in [7, 11) is 0. The molecule has 0 saturated heterocycles. The Hall–Kier alpha value is -3.74. The Bertz CT molecular complexity index is 1440. The number of rotatable bonds is 8. The highest BCUT2D eigenvalue weighted by Gasteiger charge is 2.43. The van der Waals surface area contributed by atoms with Gasteiger partial charge >= 0.3 is 0 Å². The molecule has 41 heavy (non-hydrogen) atoms. The van der Waals surface area contributed by atoms with E-state index in [0.29, 0.717) is 25.7 Å². The minimum atomic E-state index is -1.08. The maximum atomic E-state index is 13.5. The Morgan fingerprint density at radius 2 is 0.951 bits per heavy atom. The highest BCUT2D eigenvalue weighted by atomic mass is 16.3. The van der Waals surface area contributed by atoms with E-state index < -0.39 is 41.5 Å². The van der Waals surface area contributed by atoms with Crippen LogP contribution in [0.5, 0.6) is 0 Å². The van der Waals surface area contributed by atoms with Crippen molar-refractivity contribution < 1.29 is 19.8 Å². The zero-order valence-corrected chi connectivity index (χ0v) is 23.3. The predicted octanol–water partition coefficient (Wildman–Crippen LogP) is 6.01. The number of carbonyl (C=O) groups is 2. The highest BCUT2D eigenvalue weighted by Crippen LogP contribution is 2.43. The number of hydrogen-bond acceptors (Lipinski definition) is 4. The van der Waals surface area contributed by atoms with Gasteiger partial charge in [0.2, 0.25) is 11.8 Å². The summed E-state index contributed by atoms with van der Waals surface area (Å²) in [6.45, 7) is 0. The van der Waals surface area contributed by atoms with Gasteiger partial charge in [-0.3, -0.25) is 9.59 Å². The number of amides is 2. The lowest BCUT2D eigenvalue weighted by Crippen LogP contribution is -2.47. The Kier molecular flexibility index (Phi) is 7.54. The van der Waals surface area contributed by atoms with Gasteiger partial charge in [-0.25, -0.2) is 0 Å². The standard InChI is InChI=1S/C35H38N2O4/c38-30(36-32(34(40)19-5-6-20-34)28-17-9-13-24-11-1-3-15-26(24)28)23-31(39)37-33(35(41)21-7-8-22-35)29-18-10-14-25-12-2-4-16-27(25)29/h1-4,9-18,32-33,40-41H,5-8,19-23H2,(H,36,38)(H,37,39). The Morgan fingerprint density at radius 3 is 1.37 bits per heavy atom. The second kappa shape index (κ2) is 11.3. The van der Waals surface area contributed by atoms with E-state index in [1.54, 1.807) is 0 Å². The first-order valence-corrected chi connectivity index (χ1v) is 14.9. The smallest absolute Gasteiger partial charge is 0.230 e. The molecule has 2 fully saturated rings. The predicted molar refractivity (Wildman–Crippen MR) is 161 cm³/mol. The lowest BCUT2D eigenvalue weighted by atomic mass is 9.84. The topological polar surface area (TPSA) is 98.7 Å². The number of aliphatic hydroxyl groups is 2. The van der Waals surface area contributed by atoms with Crippen LogP contribution in [0.3, 0.4) is 0 Å². The van der Waals surface area contributed by atoms with Gasteiger partial charge in [0, 0.05) is 0 Å². The van der Waals surface area contributed by atoms with E-state index >= 15 is 0 Å². The van der Waals surface area contributed by atoms with Gasteiger partial charge < -0.3 is 20.8 Å². The largest absolute Gasteiger partial charge is 0.387 e. The fourth-order valence-corrected chi connectivity index (χ4v) is 7.13. The summed E-state index contributed by atoms with van der Waals surface area (Å²) >= 11 is 0. The van der Waals surface area contributed by atoms with Crippen molar-refractivity contribution in [3.63, 3.8) is 0 Å². The number of fused-ring (bicyclic) bond motifs is 2. The maximum Gasteiger partial charge on any atom is 0.230 e. The third-order valence-corrected chi connectivity index (χ3v) is 9.21. The fourth-order valence-electron chi connectivity index (χ4n) is 7.13. The zero-order chi connectivity index (χ0) is 28.5. The van der Waals surface area contributed by atoms with E-state index in [9.17, 15) is 19.8 Å². The van der Waals surface area contributed by atoms with Crippen LogP contribution in [0.1, 0.15) is 81.0 Å². The van der Waals surface area contributed by atoms with Crippen molar-refractivity contribution in [2.75, 3.05) is 0 Å². The normalized spacial score (nSPS) is 19.2. The number of hydrogen-bond donors (Lipinski definition) is 4. The first-order chi connectivity index (χ1) is 19.9. The van der Waals surface area contributed by atoms with Gasteiger partial charge in [0.15, 0.2) is 0 Å². The molecule has 2 atom stereocenters. The molecule has 4 N–H and O–H groups in total. The highest BCUT2D eigenvalue weighted by molar-refractivity contribution is 5.98. The first-order valence-electron chi connectivity index (χ1n) is 14.9. The van der Waals surface area contributed by atoms with Crippen LogP contribution in [0, 0.1) is 0 Å². The van der Waals surface area contributed by atoms with Gasteiger partial charge in [-0.15, -0.1) is 0 Å². The Morgan fingerprint density at radius 1 is 0.585 bits per heavy atom. The lowest BCUT2D eigenvalue weighted by Gasteiger charge is -2.35. The van der Waals surface area contributed by atoms with Crippen LogP contribution >= 0.6 is 0 Å². The van der Waals surface area contributed by atoms with E-state index in [1.807, 2.05) is 84.9 Å². The monoisotopic (exact) mass is 550 g/mol. The Balaban J connectivity index is 1.26.